The molecule has 0 N–H and O–H groups in total. The smallest absolute Gasteiger partial charge is 0.0689 e. The molecule has 1 nitrogen and oxygen atoms in total. The van der Waals surface area contributed by atoms with Crippen LogP contribution in [0, 0.1) is 16.7 Å². The second-order valence-electron chi connectivity index (χ2n) is 4.41. The van der Waals surface area contributed by atoms with Crippen LogP contribution in [0.3, 0.4) is 0 Å². The van der Waals surface area contributed by atoms with Crippen molar-refractivity contribution in [3.8, 4) is 6.07 Å². The van der Waals surface area contributed by atoms with Crippen LogP contribution in [0.2, 0.25) is 0 Å². The van der Waals surface area contributed by atoms with Gasteiger partial charge in [0.05, 0.1) is 11.5 Å². The molecule has 1 aliphatic carbocycles. The van der Waals surface area contributed by atoms with Crippen molar-refractivity contribution in [2.45, 2.75) is 64.7 Å². The van der Waals surface area contributed by atoms with Crippen LogP contribution in [0.25, 0.3) is 0 Å². The molecular formula is C12H21N. The molecule has 0 aromatic heterocycles. The summed E-state index contributed by atoms with van der Waals surface area (Å²) in [5.74, 6) is 0. The quantitative estimate of drug-likeness (QED) is 0.627. The van der Waals surface area contributed by atoms with E-state index in [1.807, 2.05) is 0 Å². The van der Waals surface area contributed by atoms with Gasteiger partial charge in [-0.3, -0.25) is 0 Å². The Morgan fingerprint density at radius 3 is 2.08 bits per heavy atom. The number of nitriles is 1. The second kappa shape index (κ2) is 5.27. The fourth-order valence-corrected chi connectivity index (χ4v) is 2.48. The molecule has 0 aliphatic heterocycles. The molecule has 0 atom stereocenters. The lowest BCUT2D eigenvalue weighted by Crippen LogP contribution is -2.19. The summed E-state index contributed by atoms with van der Waals surface area (Å²) >= 11 is 0. The molecular weight excluding hydrogens is 158 g/mol. The molecule has 13 heavy (non-hydrogen) atoms. The lowest BCUT2D eigenvalue weighted by Gasteiger charge is -2.28. The van der Waals surface area contributed by atoms with Gasteiger partial charge >= 0.3 is 0 Å². The van der Waals surface area contributed by atoms with Crippen molar-refractivity contribution >= 4 is 0 Å². The van der Waals surface area contributed by atoms with E-state index in [4.69, 9.17) is 0 Å². The molecule has 0 aromatic rings. The maximum absolute atomic E-state index is 9.24. The molecule has 1 rings (SSSR count). The van der Waals surface area contributed by atoms with Gasteiger partial charge in [0.2, 0.25) is 0 Å². The maximum atomic E-state index is 9.24. The number of hydrogen-bond acceptors (Lipinski definition) is 1. The fraction of sp³-hybridized carbons (Fsp3) is 0.917. The Labute approximate surface area is 82.1 Å². The Morgan fingerprint density at radius 1 is 1.08 bits per heavy atom. The summed E-state index contributed by atoms with van der Waals surface area (Å²) in [7, 11) is 0. The van der Waals surface area contributed by atoms with Gasteiger partial charge in [-0.2, -0.15) is 5.26 Å². The summed E-state index contributed by atoms with van der Waals surface area (Å²) in [5, 5.41) is 9.24. The van der Waals surface area contributed by atoms with Gasteiger partial charge in [-0.05, 0) is 19.3 Å². The first-order valence-electron chi connectivity index (χ1n) is 5.74. The van der Waals surface area contributed by atoms with Crippen LogP contribution in [0.1, 0.15) is 64.7 Å². The van der Waals surface area contributed by atoms with E-state index in [1.54, 1.807) is 0 Å². The SMILES string of the molecule is CCCC1(C#N)CCCCCCC1. The third kappa shape index (κ3) is 3.03. The molecule has 1 saturated carbocycles. The van der Waals surface area contributed by atoms with Gasteiger partial charge in [0, 0.05) is 0 Å². The largest absolute Gasteiger partial charge is 0.198 e. The number of rotatable bonds is 2. The highest BCUT2D eigenvalue weighted by atomic mass is 14.4. The van der Waals surface area contributed by atoms with Gasteiger partial charge in [0.15, 0.2) is 0 Å². The predicted molar refractivity (Wildman–Crippen MR) is 55.3 cm³/mol. The molecule has 0 saturated heterocycles. The first-order chi connectivity index (χ1) is 6.33. The second-order valence-corrected chi connectivity index (χ2v) is 4.41. The Hall–Kier alpha value is -0.510. The van der Waals surface area contributed by atoms with E-state index >= 15 is 0 Å². The number of nitrogens with zero attached hydrogens (tertiary/aromatic N) is 1. The summed E-state index contributed by atoms with van der Waals surface area (Å²) in [6.07, 6.45) is 11.2. The van der Waals surface area contributed by atoms with E-state index in [-0.39, 0.29) is 5.41 Å². The lowest BCUT2D eigenvalue weighted by molar-refractivity contribution is 0.267. The molecule has 0 heterocycles. The van der Waals surface area contributed by atoms with Crippen molar-refractivity contribution < 1.29 is 0 Å². The molecule has 1 heteroatoms. The highest BCUT2D eigenvalue weighted by molar-refractivity contribution is 4.98. The van der Waals surface area contributed by atoms with Crippen LogP contribution in [0.5, 0.6) is 0 Å². The summed E-state index contributed by atoms with van der Waals surface area (Å²) in [6.45, 7) is 2.19. The van der Waals surface area contributed by atoms with E-state index in [1.165, 1.54) is 32.1 Å². The summed E-state index contributed by atoms with van der Waals surface area (Å²) in [6, 6.07) is 2.59. The zero-order valence-corrected chi connectivity index (χ0v) is 8.81. The van der Waals surface area contributed by atoms with Crippen molar-refractivity contribution in [1.29, 1.82) is 5.26 Å². The highest BCUT2D eigenvalue weighted by Crippen LogP contribution is 2.37. The standard InChI is InChI=1S/C12H21N/c1-2-8-12(11-13)9-6-4-3-5-7-10-12/h2-10H2,1H3. The van der Waals surface area contributed by atoms with Gasteiger partial charge in [-0.25, -0.2) is 0 Å². The predicted octanol–water partition coefficient (Wildman–Crippen LogP) is 4.04. The molecule has 0 aromatic carbocycles. The fourth-order valence-electron chi connectivity index (χ4n) is 2.48. The summed E-state index contributed by atoms with van der Waals surface area (Å²) in [4.78, 5) is 0. The van der Waals surface area contributed by atoms with E-state index in [0.29, 0.717) is 0 Å². The molecule has 0 spiro atoms. The van der Waals surface area contributed by atoms with Crippen molar-refractivity contribution in [1.82, 2.24) is 0 Å². The first kappa shape index (κ1) is 10.6. The molecule has 0 unspecified atom stereocenters. The average molecular weight is 179 g/mol. The van der Waals surface area contributed by atoms with Crippen molar-refractivity contribution in [3.05, 3.63) is 0 Å². The lowest BCUT2D eigenvalue weighted by atomic mass is 9.74. The Morgan fingerprint density at radius 2 is 1.62 bits per heavy atom. The van der Waals surface area contributed by atoms with E-state index < -0.39 is 0 Å². The highest BCUT2D eigenvalue weighted by Gasteiger charge is 2.28. The molecule has 1 fully saturated rings. The van der Waals surface area contributed by atoms with Gasteiger partial charge in [0.1, 0.15) is 0 Å². The van der Waals surface area contributed by atoms with Crippen LogP contribution in [-0.2, 0) is 0 Å². The normalized spacial score (nSPS) is 22.8. The topological polar surface area (TPSA) is 23.8 Å². The monoisotopic (exact) mass is 179 g/mol. The molecule has 0 amide bonds. The third-order valence-corrected chi connectivity index (χ3v) is 3.28. The minimum atomic E-state index is 0.0508. The molecule has 1 aliphatic rings. The Bertz CT molecular complexity index is 170. The van der Waals surface area contributed by atoms with Gasteiger partial charge in [0.25, 0.3) is 0 Å². The van der Waals surface area contributed by atoms with E-state index in [0.717, 1.165) is 25.7 Å². The van der Waals surface area contributed by atoms with Crippen LogP contribution >= 0.6 is 0 Å². The summed E-state index contributed by atoms with van der Waals surface area (Å²) < 4.78 is 0. The van der Waals surface area contributed by atoms with Crippen molar-refractivity contribution in [2.75, 3.05) is 0 Å². The Balaban J connectivity index is 2.54. The zero-order chi connectivity index (χ0) is 9.57. The number of hydrogen-bond donors (Lipinski definition) is 0. The molecule has 74 valence electrons. The minimum absolute atomic E-state index is 0.0508. The molecule has 0 radical (unpaired) electrons. The van der Waals surface area contributed by atoms with Gasteiger partial charge in [-0.1, -0.05) is 45.4 Å². The van der Waals surface area contributed by atoms with Crippen LogP contribution in [0.4, 0.5) is 0 Å². The van der Waals surface area contributed by atoms with E-state index in [9.17, 15) is 5.26 Å². The first-order valence-corrected chi connectivity index (χ1v) is 5.74. The summed E-state index contributed by atoms with van der Waals surface area (Å²) in [5.41, 5.74) is 0.0508. The van der Waals surface area contributed by atoms with Crippen LogP contribution in [0.15, 0.2) is 0 Å². The van der Waals surface area contributed by atoms with E-state index in [2.05, 4.69) is 13.0 Å². The Kier molecular flexibility index (Phi) is 4.28. The van der Waals surface area contributed by atoms with Gasteiger partial charge in [-0.15, -0.1) is 0 Å². The minimum Gasteiger partial charge on any atom is -0.198 e. The molecule has 0 bridgehead atoms. The zero-order valence-electron chi connectivity index (χ0n) is 8.81. The van der Waals surface area contributed by atoms with Crippen molar-refractivity contribution in [2.24, 2.45) is 5.41 Å². The van der Waals surface area contributed by atoms with Crippen molar-refractivity contribution in [3.63, 3.8) is 0 Å². The van der Waals surface area contributed by atoms with Crippen LogP contribution in [-0.4, -0.2) is 0 Å². The maximum Gasteiger partial charge on any atom is 0.0689 e. The van der Waals surface area contributed by atoms with Crippen LogP contribution < -0.4 is 0 Å². The average Bonchev–Trinajstić information content (AvgIpc) is 2.10. The van der Waals surface area contributed by atoms with Gasteiger partial charge < -0.3 is 0 Å². The third-order valence-electron chi connectivity index (χ3n) is 3.28.